The molecule has 276 valence electrons. The van der Waals surface area contributed by atoms with E-state index in [4.69, 9.17) is 9.47 Å². The van der Waals surface area contributed by atoms with Crippen LogP contribution in [0, 0.1) is 0 Å². The summed E-state index contributed by atoms with van der Waals surface area (Å²) in [6, 6.07) is 0. The third kappa shape index (κ3) is 31.4. The lowest BCUT2D eigenvalue weighted by Crippen LogP contribution is -2.54. The van der Waals surface area contributed by atoms with Gasteiger partial charge in [0.2, 0.25) is 0 Å². The molecule has 47 heavy (non-hydrogen) atoms. The zero-order chi connectivity index (χ0) is 34.9. The van der Waals surface area contributed by atoms with Gasteiger partial charge in [0.25, 0.3) is 6.23 Å². The Morgan fingerprint density at radius 1 is 0.468 bits per heavy atom. The van der Waals surface area contributed by atoms with E-state index >= 15 is 0 Å². The Morgan fingerprint density at radius 2 is 0.766 bits per heavy atom. The van der Waals surface area contributed by atoms with Gasteiger partial charge >= 0.3 is 11.9 Å². The fourth-order valence-electron chi connectivity index (χ4n) is 6.08. The van der Waals surface area contributed by atoms with Crippen LogP contribution in [0.1, 0.15) is 201 Å². The van der Waals surface area contributed by atoms with Crippen molar-refractivity contribution in [3.63, 3.8) is 0 Å². The van der Waals surface area contributed by atoms with Crippen molar-refractivity contribution >= 4 is 11.9 Å². The maximum absolute atomic E-state index is 12.7. The molecule has 0 aromatic rings. The van der Waals surface area contributed by atoms with Crippen molar-refractivity contribution in [2.45, 2.75) is 213 Å². The first kappa shape index (κ1) is 45.4. The summed E-state index contributed by atoms with van der Waals surface area (Å²) >= 11 is 0. The first-order valence-corrected chi connectivity index (χ1v) is 20.2. The number of allylic oxidation sites excluding steroid dienone is 4. The highest BCUT2D eigenvalue weighted by Gasteiger charge is 2.36. The largest absolute Gasteiger partial charge is 0.452 e. The van der Waals surface area contributed by atoms with Gasteiger partial charge in [-0.15, -0.1) is 0 Å². The lowest BCUT2D eigenvalue weighted by atomic mass is 10.1. The van der Waals surface area contributed by atoms with E-state index in [1.807, 2.05) is 28.1 Å². The Kier molecular flexibility index (Phi) is 31.8. The standard InChI is InChI=1S/C42H80NO4/c1-7-9-11-13-15-17-19-21-23-25-27-29-31-33-35-37-40(44)46-39(3)42(43(4,5)6)47-41(45)38-36-34-32-30-28-26-24-22-20-18-16-14-12-10-8-2/h21-24,39,42H,7-20,25-38H2,1-6H3/q+1. The van der Waals surface area contributed by atoms with Crippen molar-refractivity contribution in [3.05, 3.63) is 24.3 Å². The molecule has 0 saturated heterocycles. The molecule has 0 N–H and O–H groups in total. The number of carbonyl (C=O) groups is 2. The van der Waals surface area contributed by atoms with Gasteiger partial charge < -0.3 is 9.47 Å². The molecular formula is C42H80NO4+. The van der Waals surface area contributed by atoms with Crippen molar-refractivity contribution in [1.82, 2.24) is 0 Å². The molecule has 0 amide bonds. The Bertz CT molecular complexity index is 769. The summed E-state index contributed by atoms with van der Waals surface area (Å²) < 4.78 is 12.0. The van der Waals surface area contributed by atoms with Crippen LogP contribution in [0.15, 0.2) is 24.3 Å². The van der Waals surface area contributed by atoms with Gasteiger partial charge in [-0.1, -0.05) is 141 Å². The lowest BCUT2D eigenvalue weighted by molar-refractivity contribution is -0.920. The predicted octanol–water partition coefficient (Wildman–Crippen LogP) is 12.6. The molecule has 0 saturated carbocycles. The predicted molar refractivity (Wildman–Crippen MR) is 202 cm³/mol. The highest BCUT2D eigenvalue weighted by Crippen LogP contribution is 2.18. The molecule has 0 rings (SSSR count). The van der Waals surface area contributed by atoms with Crippen molar-refractivity contribution < 1.29 is 23.5 Å². The van der Waals surface area contributed by atoms with Crippen LogP contribution in [0.2, 0.25) is 0 Å². The van der Waals surface area contributed by atoms with E-state index in [-0.39, 0.29) is 11.9 Å². The average Bonchev–Trinajstić information content (AvgIpc) is 3.03. The molecule has 5 heteroatoms. The van der Waals surface area contributed by atoms with Crippen molar-refractivity contribution in [2.75, 3.05) is 21.1 Å². The number of unbranched alkanes of at least 4 members (excludes halogenated alkanes) is 22. The number of hydrogen-bond donors (Lipinski definition) is 0. The highest BCUT2D eigenvalue weighted by atomic mass is 16.6. The van der Waals surface area contributed by atoms with Crippen LogP contribution < -0.4 is 0 Å². The molecule has 0 spiro atoms. The van der Waals surface area contributed by atoms with Crippen molar-refractivity contribution in [1.29, 1.82) is 0 Å². The van der Waals surface area contributed by atoms with Crippen LogP contribution in [0.3, 0.4) is 0 Å². The fourth-order valence-corrected chi connectivity index (χ4v) is 6.08. The van der Waals surface area contributed by atoms with Gasteiger partial charge in [-0.05, 0) is 71.1 Å². The van der Waals surface area contributed by atoms with E-state index < -0.39 is 12.3 Å². The van der Waals surface area contributed by atoms with Gasteiger partial charge in [0, 0.05) is 12.8 Å². The zero-order valence-electron chi connectivity index (χ0n) is 32.3. The normalized spacial score (nSPS) is 13.4. The molecule has 0 radical (unpaired) electrons. The first-order valence-electron chi connectivity index (χ1n) is 20.2. The second-order valence-electron chi connectivity index (χ2n) is 14.9. The monoisotopic (exact) mass is 663 g/mol. The van der Waals surface area contributed by atoms with E-state index in [2.05, 4.69) is 38.2 Å². The molecular weight excluding hydrogens is 582 g/mol. The minimum Gasteiger partial charge on any atom is -0.452 e. The Hall–Kier alpha value is -1.62. The number of carbonyl (C=O) groups excluding carboxylic acids is 2. The van der Waals surface area contributed by atoms with E-state index in [0.717, 1.165) is 51.4 Å². The molecule has 0 fully saturated rings. The fraction of sp³-hybridized carbons (Fsp3) is 0.857. The number of nitrogens with zero attached hydrogens (tertiary/aromatic N) is 1. The topological polar surface area (TPSA) is 52.6 Å². The molecule has 0 bridgehead atoms. The summed E-state index contributed by atoms with van der Waals surface area (Å²) in [5, 5.41) is 0. The number of hydrogen-bond acceptors (Lipinski definition) is 4. The minimum absolute atomic E-state index is 0.193. The van der Waals surface area contributed by atoms with Crippen LogP contribution in [0.5, 0.6) is 0 Å². The van der Waals surface area contributed by atoms with Gasteiger partial charge in [-0.3, -0.25) is 14.1 Å². The van der Waals surface area contributed by atoms with Gasteiger partial charge in [0.05, 0.1) is 21.1 Å². The molecule has 0 aliphatic carbocycles. The molecule has 0 aliphatic rings. The third-order valence-electron chi connectivity index (χ3n) is 9.02. The molecule has 0 aromatic heterocycles. The van der Waals surface area contributed by atoms with Crippen LogP contribution in [-0.2, 0) is 19.1 Å². The molecule has 2 unspecified atom stereocenters. The highest BCUT2D eigenvalue weighted by molar-refractivity contribution is 5.70. The van der Waals surface area contributed by atoms with Crippen molar-refractivity contribution in [3.8, 4) is 0 Å². The maximum Gasteiger partial charge on any atom is 0.310 e. The zero-order valence-corrected chi connectivity index (χ0v) is 32.3. The Balaban J connectivity index is 3.95. The minimum atomic E-state index is -0.510. The summed E-state index contributed by atoms with van der Waals surface area (Å²) in [6.07, 6.45) is 41.3. The van der Waals surface area contributed by atoms with Gasteiger partial charge in [0.15, 0.2) is 6.10 Å². The number of esters is 2. The molecule has 2 atom stereocenters. The van der Waals surface area contributed by atoms with Gasteiger partial charge in [0.1, 0.15) is 0 Å². The van der Waals surface area contributed by atoms with E-state index in [0.29, 0.717) is 17.3 Å². The molecule has 0 heterocycles. The van der Waals surface area contributed by atoms with Crippen LogP contribution in [0.25, 0.3) is 0 Å². The first-order chi connectivity index (χ1) is 22.7. The SMILES string of the molecule is CCCCCCCCC=CCCCCCCCC(=O)OC(C)C(OC(=O)CCCCCCCC=CCCCCCCCC)[N+](C)(C)C. The lowest BCUT2D eigenvalue weighted by Gasteiger charge is -2.36. The van der Waals surface area contributed by atoms with Crippen LogP contribution >= 0.6 is 0 Å². The average molecular weight is 663 g/mol. The second-order valence-corrected chi connectivity index (χ2v) is 14.9. The van der Waals surface area contributed by atoms with Gasteiger partial charge in [-0.25, -0.2) is 0 Å². The third-order valence-corrected chi connectivity index (χ3v) is 9.02. The summed E-state index contributed by atoms with van der Waals surface area (Å²) in [7, 11) is 5.94. The van der Waals surface area contributed by atoms with E-state index in [1.54, 1.807) is 0 Å². The second kappa shape index (κ2) is 32.9. The number of rotatable bonds is 34. The van der Waals surface area contributed by atoms with Gasteiger partial charge in [-0.2, -0.15) is 0 Å². The quantitative estimate of drug-likeness (QED) is 0.0226. The van der Waals surface area contributed by atoms with Crippen molar-refractivity contribution in [2.24, 2.45) is 0 Å². The van der Waals surface area contributed by atoms with Crippen LogP contribution in [0.4, 0.5) is 0 Å². The smallest absolute Gasteiger partial charge is 0.310 e. The Labute approximate surface area is 293 Å². The van der Waals surface area contributed by atoms with Crippen LogP contribution in [-0.4, -0.2) is 49.9 Å². The number of likely N-dealkylation sites (N-methyl/N-ethyl adjacent to an activating group) is 1. The van der Waals surface area contributed by atoms with E-state index in [9.17, 15) is 9.59 Å². The molecule has 0 aliphatic heterocycles. The summed E-state index contributed by atoms with van der Waals surface area (Å²) in [6.45, 7) is 6.38. The summed E-state index contributed by atoms with van der Waals surface area (Å²) in [4.78, 5) is 25.2. The Morgan fingerprint density at radius 3 is 1.11 bits per heavy atom. The number of quaternary nitrogens is 1. The summed E-state index contributed by atoms with van der Waals surface area (Å²) in [5.41, 5.74) is 0. The molecule has 0 aromatic carbocycles. The maximum atomic E-state index is 12.7. The number of ether oxygens (including phenoxy) is 2. The molecule has 5 nitrogen and oxygen atoms in total. The summed E-state index contributed by atoms with van der Waals surface area (Å²) in [5.74, 6) is -0.386. The van der Waals surface area contributed by atoms with E-state index in [1.165, 1.54) is 116 Å².